The number of likely N-dealkylation sites (N-methyl/N-ethyl adjacent to an activating group) is 1. The first-order valence-corrected chi connectivity index (χ1v) is 10.2. The van der Waals surface area contributed by atoms with E-state index in [4.69, 9.17) is 11.6 Å². The Kier molecular flexibility index (Phi) is 7.86. The van der Waals surface area contributed by atoms with Gasteiger partial charge >= 0.3 is 12.0 Å². The van der Waals surface area contributed by atoms with Crippen LogP contribution in [0.2, 0.25) is 5.02 Å². The lowest BCUT2D eigenvalue weighted by atomic mass is 10.2. The van der Waals surface area contributed by atoms with E-state index < -0.39 is 18.0 Å². The summed E-state index contributed by atoms with van der Waals surface area (Å²) in [6.45, 7) is 3.76. The van der Waals surface area contributed by atoms with Crippen LogP contribution in [-0.2, 0) is 4.79 Å². The van der Waals surface area contributed by atoms with Crippen molar-refractivity contribution < 1.29 is 14.7 Å². The van der Waals surface area contributed by atoms with Crippen molar-refractivity contribution in [1.29, 1.82) is 0 Å². The SMILES string of the molecule is CSCCC(NC(=O)Nc1ccc(N2CCN(C)CC2)c(Cl)c1)C(=O)O. The lowest BCUT2D eigenvalue weighted by Crippen LogP contribution is -2.44. The van der Waals surface area contributed by atoms with E-state index in [0.29, 0.717) is 22.9 Å². The summed E-state index contributed by atoms with van der Waals surface area (Å²) in [6, 6.07) is 3.87. The Labute approximate surface area is 163 Å². The standard InChI is InChI=1S/C17H25ClN4O3S/c1-21-6-8-22(9-7-21)15-4-3-12(11-13(15)18)19-17(25)20-14(16(23)24)5-10-26-2/h3-4,11,14H,5-10H2,1-2H3,(H,23,24)(H2,19,20,25). The Morgan fingerprint density at radius 3 is 2.58 bits per heavy atom. The van der Waals surface area contributed by atoms with Gasteiger partial charge in [0.1, 0.15) is 6.04 Å². The highest BCUT2D eigenvalue weighted by Gasteiger charge is 2.20. The zero-order chi connectivity index (χ0) is 19.1. The molecule has 1 unspecified atom stereocenters. The van der Waals surface area contributed by atoms with E-state index in [2.05, 4.69) is 27.5 Å². The second-order valence-corrected chi connectivity index (χ2v) is 7.62. The maximum absolute atomic E-state index is 12.1. The molecule has 1 heterocycles. The van der Waals surface area contributed by atoms with Crippen LogP contribution in [0.4, 0.5) is 16.2 Å². The van der Waals surface area contributed by atoms with Gasteiger partial charge in [-0.05, 0) is 43.7 Å². The minimum atomic E-state index is -1.04. The Morgan fingerprint density at radius 2 is 2.00 bits per heavy atom. The van der Waals surface area contributed by atoms with Gasteiger partial charge in [-0.2, -0.15) is 11.8 Å². The average molecular weight is 401 g/mol. The molecular weight excluding hydrogens is 376 g/mol. The molecule has 9 heteroatoms. The predicted molar refractivity (Wildman–Crippen MR) is 108 cm³/mol. The van der Waals surface area contributed by atoms with Gasteiger partial charge in [-0.1, -0.05) is 11.6 Å². The highest BCUT2D eigenvalue weighted by Crippen LogP contribution is 2.29. The smallest absolute Gasteiger partial charge is 0.326 e. The van der Waals surface area contributed by atoms with Crippen molar-refractivity contribution >= 4 is 46.7 Å². The maximum Gasteiger partial charge on any atom is 0.326 e. The second-order valence-electron chi connectivity index (χ2n) is 6.23. The van der Waals surface area contributed by atoms with Crippen molar-refractivity contribution in [3.05, 3.63) is 23.2 Å². The number of carbonyl (C=O) groups excluding carboxylic acids is 1. The van der Waals surface area contributed by atoms with Gasteiger partial charge in [0, 0.05) is 31.9 Å². The molecule has 2 amide bonds. The van der Waals surface area contributed by atoms with Crippen LogP contribution in [0.1, 0.15) is 6.42 Å². The van der Waals surface area contributed by atoms with E-state index in [1.807, 2.05) is 12.3 Å². The number of nitrogens with zero attached hydrogens (tertiary/aromatic N) is 2. The van der Waals surface area contributed by atoms with Crippen LogP contribution < -0.4 is 15.5 Å². The molecule has 0 bridgehead atoms. The lowest BCUT2D eigenvalue weighted by Gasteiger charge is -2.34. The highest BCUT2D eigenvalue weighted by molar-refractivity contribution is 7.98. The van der Waals surface area contributed by atoms with Crippen molar-refractivity contribution in [3.63, 3.8) is 0 Å². The number of hydrogen-bond acceptors (Lipinski definition) is 5. The number of halogens is 1. The molecule has 0 radical (unpaired) electrons. The monoisotopic (exact) mass is 400 g/mol. The largest absolute Gasteiger partial charge is 0.480 e. The molecule has 1 aromatic carbocycles. The van der Waals surface area contributed by atoms with Crippen molar-refractivity contribution in [2.75, 3.05) is 55.5 Å². The number of amides is 2. The minimum Gasteiger partial charge on any atom is -0.480 e. The fourth-order valence-corrected chi connectivity index (χ4v) is 3.48. The molecule has 1 fully saturated rings. The van der Waals surface area contributed by atoms with Crippen LogP contribution in [-0.4, -0.2) is 73.3 Å². The van der Waals surface area contributed by atoms with Crippen LogP contribution in [0, 0.1) is 0 Å². The molecule has 144 valence electrons. The van der Waals surface area contributed by atoms with Gasteiger partial charge in [0.15, 0.2) is 0 Å². The van der Waals surface area contributed by atoms with Gasteiger partial charge in [0.25, 0.3) is 0 Å². The number of thioether (sulfide) groups is 1. The predicted octanol–water partition coefficient (Wildman–Crippen LogP) is 2.42. The van der Waals surface area contributed by atoms with Crippen molar-refractivity contribution in [2.24, 2.45) is 0 Å². The number of urea groups is 1. The van der Waals surface area contributed by atoms with Gasteiger partial charge in [-0.15, -0.1) is 0 Å². The van der Waals surface area contributed by atoms with E-state index in [9.17, 15) is 14.7 Å². The summed E-state index contributed by atoms with van der Waals surface area (Å²) in [4.78, 5) is 27.8. The fraction of sp³-hybridized carbons (Fsp3) is 0.529. The number of carbonyl (C=O) groups is 2. The van der Waals surface area contributed by atoms with Crippen LogP contribution in [0.5, 0.6) is 0 Å². The average Bonchev–Trinajstić information content (AvgIpc) is 2.59. The molecule has 0 saturated carbocycles. The summed E-state index contributed by atoms with van der Waals surface area (Å²) in [5.74, 6) is -0.388. The Hall–Kier alpha value is -1.64. The summed E-state index contributed by atoms with van der Waals surface area (Å²) in [6.07, 6.45) is 2.26. The molecule has 1 aliphatic rings. The van der Waals surface area contributed by atoms with Gasteiger partial charge < -0.3 is 25.5 Å². The van der Waals surface area contributed by atoms with Crippen molar-refractivity contribution in [3.8, 4) is 0 Å². The van der Waals surface area contributed by atoms with E-state index in [-0.39, 0.29) is 0 Å². The molecule has 2 rings (SSSR count). The summed E-state index contributed by atoms with van der Waals surface area (Å²) >= 11 is 7.92. The first-order chi connectivity index (χ1) is 12.4. The van der Waals surface area contributed by atoms with E-state index in [1.165, 1.54) is 11.8 Å². The van der Waals surface area contributed by atoms with E-state index in [0.717, 1.165) is 31.9 Å². The molecule has 7 nitrogen and oxygen atoms in total. The summed E-state index contributed by atoms with van der Waals surface area (Å²) in [7, 11) is 2.09. The topological polar surface area (TPSA) is 84.9 Å². The third kappa shape index (κ3) is 5.96. The molecule has 1 atom stereocenters. The first kappa shape index (κ1) is 20.7. The summed E-state index contributed by atoms with van der Waals surface area (Å²) < 4.78 is 0. The number of aliphatic carboxylic acids is 1. The molecule has 1 aliphatic heterocycles. The number of benzene rings is 1. The van der Waals surface area contributed by atoms with Crippen LogP contribution >= 0.6 is 23.4 Å². The zero-order valence-corrected chi connectivity index (χ0v) is 16.6. The Morgan fingerprint density at radius 1 is 1.31 bits per heavy atom. The first-order valence-electron chi connectivity index (χ1n) is 8.43. The van der Waals surface area contributed by atoms with Gasteiger partial charge in [-0.3, -0.25) is 0 Å². The quantitative estimate of drug-likeness (QED) is 0.651. The summed E-state index contributed by atoms with van der Waals surface area (Å²) in [5, 5.41) is 14.9. The molecular formula is C17H25ClN4O3S. The molecule has 0 aliphatic carbocycles. The molecule has 1 aromatic rings. The number of piperazine rings is 1. The second kappa shape index (κ2) is 9.89. The number of anilines is 2. The number of rotatable bonds is 7. The number of nitrogens with one attached hydrogen (secondary N) is 2. The molecule has 0 aromatic heterocycles. The fourth-order valence-electron chi connectivity index (χ4n) is 2.71. The number of carboxylic acid groups (broad SMARTS) is 1. The minimum absolute atomic E-state index is 0.368. The van der Waals surface area contributed by atoms with Gasteiger partial charge in [0.2, 0.25) is 0 Å². The van der Waals surface area contributed by atoms with Gasteiger partial charge in [0.05, 0.1) is 10.7 Å². The maximum atomic E-state index is 12.1. The van der Waals surface area contributed by atoms with Crippen molar-refractivity contribution in [1.82, 2.24) is 10.2 Å². The highest BCUT2D eigenvalue weighted by atomic mass is 35.5. The molecule has 26 heavy (non-hydrogen) atoms. The summed E-state index contributed by atoms with van der Waals surface area (Å²) in [5.41, 5.74) is 1.47. The van der Waals surface area contributed by atoms with Crippen LogP contribution in [0.3, 0.4) is 0 Å². The number of carboxylic acids is 1. The Balaban J connectivity index is 1.95. The van der Waals surface area contributed by atoms with E-state index in [1.54, 1.807) is 12.1 Å². The number of hydrogen-bond donors (Lipinski definition) is 3. The lowest BCUT2D eigenvalue weighted by molar-refractivity contribution is -0.139. The van der Waals surface area contributed by atoms with Crippen molar-refractivity contribution in [2.45, 2.75) is 12.5 Å². The van der Waals surface area contributed by atoms with Gasteiger partial charge in [-0.25, -0.2) is 9.59 Å². The van der Waals surface area contributed by atoms with Crippen LogP contribution in [0.25, 0.3) is 0 Å². The van der Waals surface area contributed by atoms with E-state index >= 15 is 0 Å². The molecule has 1 saturated heterocycles. The normalized spacial score (nSPS) is 16.2. The molecule has 3 N–H and O–H groups in total. The zero-order valence-electron chi connectivity index (χ0n) is 15.0. The molecule has 0 spiro atoms. The third-order valence-corrected chi connectivity index (χ3v) is 5.21. The Bertz CT molecular complexity index is 638. The third-order valence-electron chi connectivity index (χ3n) is 4.26. The van der Waals surface area contributed by atoms with Crippen LogP contribution in [0.15, 0.2) is 18.2 Å².